The van der Waals surface area contributed by atoms with Crippen LogP contribution in [0.5, 0.6) is 11.5 Å². The van der Waals surface area contributed by atoms with Gasteiger partial charge in [0.15, 0.2) is 0 Å². The lowest BCUT2D eigenvalue weighted by Crippen LogP contribution is -2.57. The van der Waals surface area contributed by atoms with Crippen LogP contribution in [0, 0.1) is 3.57 Å². The molecule has 1 heterocycles. The summed E-state index contributed by atoms with van der Waals surface area (Å²) in [6.07, 6.45) is 1.14. The zero-order valence-corrected chi connectivity index (χ0v) is 24.1. The van der Waals surface area contributed by atoms with Gasteiger partial charge in [-0.15, -0.1) is 0 Å². The molecule has 0 aromatic heterocycles. The predicted octanol–water partition coefficient (Wildman–Crippen LogP) is 2.47. The molecular weight excluding hydrogens is 615 g/mol. The average molecular weight is 651 g/mol. The summed E-state index contributed by atoms with van der Waals surface area (Å²) in [5.74, 6) is 0.723. The maximum Gasteiger partial charge on any atom is 0.252 e. The fourth-order valence-corrected chi connectivity index (χ4v) is 5.46. The van der Waals surface area contributed by atoms with E-state index in [1.807, 2.05) is 42.5 Å². The minimum atomic E-state index is -1.09. The third kappa shape index (κ3) is 7.50. The Kier molecular flexibility index (Phi) is 10.6. The molecule has 0 bridgehead atoms. The number of para-hydroxylation sites is 1. The van der Waals surface area contributed by atoms with Gasteiger partial charge in [0.25, 0.3) is 5.91 Å². The Hall–Kier alpha value is -2.67. The van der Waals surface area contributed by atoms with Gasteiger partial charge in [-0.25, -0.2) is 0 Å². The molecule has 1 aliphatic carbocycles. The number of aliphatic hydroxyl groups is 2. The standard InChI is InChI=1S/C29H35IN2O7/c1-37-21-7-4-6-19(16-21)11-13-32(29(36)25-10-5-15-38-25)23-17-20(28(35)31-12-14-33)18-26(27(23)34)39-24-9-3-2-8-22(24)30/h2-4,6-9,16,18,23,25-27,33-34H,5,10-15,17H2,1H3,(H,31,35). The van der Waals surface area contributed by atoms with E-state index in [4.69, 9.17) is 14.2 Å². The number of rotatable bonds is 11. The van der Waals surface area contributed by atoms with Crippen LogP contribution in [0.15, 0.2) is 60.2 Å². The fourth-order valence-electron chi connectivity index (χ4n) is 4.94. The van der Waals surface area contributed by atoms with Gasteiger partial charge in [0, 0.05) is 31.7 Å². The topological polar surface area (TPSA) is 118 Å². The molecule has 2 aliphatic rings. The van der Waals surface area contributed by atoms with Crippen LogP contribution in [0.25, 0.3) is 0 Å². The lowest BCUT2D eigenvalue weighted by molar-refractivity contribution is -0.148. The van der Waals surface area contributed by atoms with E-state index in [0.29, 0.717) is 37.3 Å². The molecule has 2 aromatic rings. The van der Waals surface area contributed by atoms with Crippen molar-refractivity contribution in [2.45, 2.75) is 50.0 Å². The molecule has 2 amide bonds. The quantitative estimate of drug-likeness (QED) is 0.320. The minimum Gasteiger partial charge on any atom is -0.497 e. The van der Waals surface area contributed by atoms with Crippen LogP contribution in [0.4, 0.5) is 0 Å². The number of aliphatic hydroxyl groups excluding tert-OH is 2. The van der Waals surface area contributed by atoms with E-state index < -0.39 is 24.4 Å². The van der Waals surface area contributed by atoms with Crippen LogP contribution < -0.4 is 14.8 Å². The lowest BCUT2D eigenvalue weighted by Gasteiger charge is -2.41. The second kappa shape index (κ2) is 14.1. The molecule has 1 saturated heterocycles. The molecule has 9 nitrogen and oxygen atoms in total. The second-order valence-corrected chi connectivity index (χ2v) is 10.7. The largest absolute Gasteiger partial charge is 0.497 e. The Labute approximate surface area is 242 Å². The highest BCUT2D eigenvalue weighted by molar-refractivity contribution is 14.1. The molecule has 210 valence electrons. The first-order valence-corrected chi connectivity index (χ1v) is 14.2. The summed E-state index contributed by atoms with van der Waals surface area (Å²) < 4.78 is 18.1. The number of halogens is 1. The maximum atomic E-state index is 13.8. The van der Waals surface area contributed by atoms with E-state index in [1.54, 1.807) is 24.2 Å². The molecule has 2 aromatic carbocycles. The van der Waals surface area contributed by atoms with Crippen molar-refractivity contribution < 1.29 is 34.0 Å². The van der Waals surface area contributed by atoms with E-state index in [0.717, 1.165) is 21.3 Å². The number of ether oxygens (including phenoxy) is 3. The number of hydrogen-bond donors (Lipinski definition) is 3. The van der Waals surface area contributed by atoms with Crippen LogP contribution in [0.3, 0.4) is 0 Å². The molecule has 1 aliphatic heterocycles. The van der Waals surface area contributed by atoms with E-state index in [1.165, 1.54) is 0 Å². The van der Waals surface area contributed by atoms with Crippen molar-refractivity contribution in [3.8, 4) is 11.5 Å². The van der Waals surface area contributed by atoms with Gasteiger partial charge in [0.05, 0.1) is 23.3 Å². The summed E-state index contributed by atoms with van der Waals surface area (Å²) in [6.45, 7) is 0.728. The van der Waals surface area contributed by atoms with Gasteiger partial charge < -0.3 is 34.6 Å². The van der Waals surface area contributed by atoms with Gasteiger partial charge in [0.2, 0.25) is 5.91 Å². The molecule has 4 unspecified atom stereocenters. The Morgan fingerprint density at radius 2 is 2.03 bits per heavy atom. The van der Waals surface area contributed by atoms with Crippen LogP contribution in [0.1, 0.15) is 24.8 Å². The van der Waals surface area contributed by atoms with Gasteiger partial charge in [-0.1, -0.05) is 24.3 Å². The van der Waals surface area contributed by atoms with Crippen molar-refractivity contribution >= 4 is 34.4 Å². The molecule has 0 radical (unpaired) electrons. The molecule has 0 spiro atoms. The van der Waals surface area contributed by atoms with Crippen LogP contribution in [-0.4, -0.2) is 84.7 Å². The first-order chi connectivity index (χ1) is 18.9. The van der Waals surface area contributed by atoms with Gasteiger partial charge in [0.1, 0.15) is 29.8 Å². The average Bonchev–Trinajstić information content (AvgIpc) is 3.50. The second-order valence-electron chi connectivity index (χ2n) is 9.58. The number of benzene rings is 2. The van der Waals surface area contributed by atoms with Crippen molar-refractivity contribution in [1.29, 1.82) is 0 Å². The molecule has 0 saturated carbocycles. The summed E-state index contributed by atoms with van der Waals surface area (Å²) >= 11 is 2.16. The number of amides is 2. The first kappa shape index (κ1) is 29.3. The SMILES string of the molecule is COc1cccc(CCN(C(=O)C2CCCO2)C2CC(C(=O)NCCO)=CC(Oc3ccccc3I)C2O)c1. The lowest BCUT2D eigenvalue weighted by atomic mass is 9.87. The number of hydrogen-bond acceptors (Lipinski definition) is 7. The molecular formula is C29H35IN2O7. The van der Waals surface area contributed by atoms with Gasteiger partial charge in [-0.3, -0.25) is 9.59 Å². The Bertz CT molecular complexity index is 1170. The van der Waals surface area contributed by atoms with Gasteiger partial charge in [-0.05, 0) is 77.8 Å². The summed E-state index contributed by atoms with van der Waals surface area (Å²) in [7, 11) is 1.61. The van der Waals surface area contributed by atoms with Crippen molar-refractivity contribution in [3.05, 3.63) is 69.3 Å². The summed E-state index contributed by atoms with van der Waals surface area (Å²) in [6, 6.07) is 14.3. The van der Waals surface area contributed by atoms with E-state index in [-0.39, 0.29) is 31.4 Å². The monoisotopic (exact) mass is 650 g/mol. The minimum absolute atomic E-state index is 0.0971. The van der Waals surface area contributed by atoms with Crippen LogP contribution in [0.2, 0.25) is 0 Å². The highest BCUT2D eigenvalue weighted by atomic mass is 127. The highest BCUT2D eigenvalue weighted by Crippen LogP contribution is 2.31. The van der Waals surface area contributed by atoms with Crippen molar-refractivity contribution in [2.75, 3.05) is 33.4 Å². The number of nitrogens with zero attached hydrogens (tertiary/aromatic N) is 1. The molecule has 10 heteroatoms. The predicted molar refractivity (Wildman–Crippen MR) is 154 cm³/mol. The van der Waals surface area contributed by atoms with E-state index >= 15 is 0 Å². The molecule has 3 N–H and O–H groups in total. The van der Waals surface area contributed by atoms with Crippen molar-refractivity contribution in [2.24, 2.45) is 0 Å². The summed E-state index contributed by atoms with van der Waals surface area (Å²) in [5, 5.41) is 23.5. The highest BCUT2D eigenvalue weighted by Gasteiger charge is 2.42. The van der Waals surface area contributed by atoms with Crippen molar-refractivity contribution in [3.63, 3.8) is 0 Å². The van der Waals surface area contributed by atoms with Crippen LogP contribution >= 0.6 is 22.6 Å². The smallest absolute Gasteiger partial charge is 0.252 e. The Morgan fingerprint density at radius 1 is 1.21 bits per heavy atom. The Balaban J connectivity index is 1.64. The first-order valence-electron chi connectivity index (χ1n) is 13.1. The van der Waals surface area contributed by atoms with E-state index in [9.17, 15) is 19.8 Å². The third-order valence-electron chi connectivity index (χ3n) is 6.98. The summed E-state index contributed by atoms with van der Waals surface area (Å²) in [5.41, 5.74) is 1.37. The van der Waals surface area contributed by atoms with Crippen molar-refractivity contribution in [1.82, 2.24) is 10.2 Å². The zero-order valence-electron chi connectivity index (χ0n) is 21.9. The normalized spacial score (nSPS) is 22.6. The summed E-state index contributed by atoms with van der Waals surface area (Å²) in [4.78, 5) is 28.4. The van der Waals surface area contributed by atoms with Gasteiger partial charge >= 0.3 is 0 Å². The number of carbonyl (C=O) groups is 2. The number of carbonyl (C=O) groups excluding carboxylic acids is 2. The molecule has 39 heavy (non-hydrogen) atoms. The Morgan fingerprint density at radius 3 is 2.74 bits per heavy atom. The molecule has 1 fully saturated rings. The molecule has 4 rings (SSSR count). The van der Waals surface area contributed by atoms with E-state index in [2.05, 4.69) is 27.9 Å². The number of methoxy groups -OCH3 is 1. The maximum absolute atomic E-state index is 13.8. The third-order valence-corrected chi connectivity index (χ3v) is 7.87. The number of nitrogens with one attached hydrogen (secondary N) is 1. The molecule has 4 atom stereocenters. The zero-order chi connectivity index (χ0) is 27.8. The van der Waals surface area contributed by atoms with Gasteiger partial charge in [-0.2, -0.15) is 0 Å². The fraction of sp³-hybridized carbons (Fsp3) is 0.448. The van der Waals surface area contributed by atoms with Crippen LogP contribution in [-0.2, 0) is 20.7 Å².